The van der Waals surface area contributed by atoms with Gasteiger partial charge in [0, 0.05) is 35.0 Å². The zero-order valence-corrected chi connectivity index (χ0v) is 18.6. The Kier molecular flexibility index (Phi) is 6.12. The van der Waals surface area contributed by atoms with Gasteiger partial charge in [-0.1, -0.05) is 24.3 Å². The van der Waals surface area contributed by atoms with Crippen molar-refractivity contribution in [2.45, 2.75) is 32.2 Å². The second-order valence-corrected chi connectivity index (χ2v) is 7.90. The van der Waals surface area contributed by atoms with Crippen molar-refractivity contribution in [2.75, 3.05) is 12.4 Å². The van der Waals surface area contributed by atoms with E-state index in [0.717, 1.165) is 22.7 Å². The summed E-state index contributed by atoms with van der Waals surface area (Å²) < 4.78 is 6.76. The van der Waals surface area contributed by atoms with Crippen LogP contribution >= 0.6 is 0 Å². The number of nitrogens with zero attached hydrogens (tertiary/aromatic N) is 3. The number of carbonyl (C=O) groups excluding carboxylic acids is 1. The van der Waals surface area contributed by atoms with E-state index < -0.39 is 4.92 Å². The number of aromatic nitrogens is 2. The Labute approximate surface area is 191 Å². The average molecular weight is 447 g/mol. The Balaban J connectivity index is 1.46. The molecule has 0 radical (unpaired) electrons. The molecule has 2 amide bonds. The predicted octanol–water partition coefficient (Wildman–Crippen LogP) is 4.64. The van der Waals surface area contributed by atoms with Gasteiger partial charge in [-0.25, -0.2) is 9.48 Å². The van der Waals surface area contributed by atoms with Crippen LogP contribution in [-0.2, 0) is 0 Å². The summed E-state index contributed by atoms with van der Waals surface area (Å²) in [6.45, 7) is 3.82. The van der Waals surface area contributed by atoms with Crippen LogP contribution in [0.15, 0.2) is 60.7 Å². The fraction of sp³-hybridized carbons (Fsp3) is 0.250. The molecule has 0 saturated carbocycles. The molecule has 1 heterocycles. The zero-order chi connectivity index (χ0) is 23.5. The summed E-state index contributed by atoms with van der Waals surface area (Å²) in [5.74, 6) is 0.766. The highest BCUT2D eigenvalue weighted by Crippen LogP contribution is 2.35. The highest BCUT2D eigenvalue weighted by atomic mass is 16.6. The lowest BCUT2D eigenvalue weighted by Gasteiger charge is -2.15. The van der Waals surface area contributed by atoms with Gasteiger partial charge in [0.25, 0.3) is 5.69 Å². The van der Waals surface area contributed by atoms with Crippen molar-refractivity contribution in [2.24, 2.45) is 0 Å². The Morgan fingerprint density at radius 3 is 2.58 bits per heavy atom. The minimum Gasteiger partial charge on any atom is -0.497 e. The SMILES string of the molecule is COc1ccc(NC(=O)N[C@@H]2C=C[C@@H](c3c(C)nn(-c4ccccc4[N+](=O)[O-])c3C)C2)cc1. The van der Waals surface area contributed by atoms with Crippen molar-refractivity contribution in [3.05, 3.63) is 87.7 Å². The lowest BCUT2D eigenvalue weighted by molar-refractivity contribution is -0.384. The largest absolute Gasteiger partial charge is 0.497 e. The lowest BCUT2D eigenvalue weighted by Crippen LogP contribution is -2.36. The number of rotatable bonds is 6. The molecular formula is C24H25N5O4. The van der Waals surface area contributed by atoms with Crippen molar-refractivity contribution < 1.29 is 14.5 Å². The number of para-hydroxylation sites is 2. The molecule has 3 aromatic rings. The molecule has 1 aromatic heterocycles. The summed E-state index contributed by atoms with van der Waals surface area (Å²) in [6.07, 6.45) is 4.71. The third-order valence-corrected chi connectivity index (χ3v) is 5.77. The number of anilines is 1. The van der Waals surface area contributed by atoms with Crippen LogP contribution in [-0.4, -0.2) is 33.9 Å². The normalized spacial score (nSPS) is 17.1. The number of carbonyl (C=O) groups is 1. The molecule has 0 saturated heterocycles. The zero-order valence-electron chi connectivity index (χ0n) is 18.6. The van der Waals surface area contributed by atoms with Gasteiger partial charge < -0.3 is 15.4 Å². The Bertz CT molecular complexity index is 1220. The smallest absolute Gasteiger partial charge is 0.319 e. The van der Waals surface area contributed by atoms with E-state index >= 15 is 0 Å². The molecule has 2 aromatic carbocycles. The number of nitro benzene ring substituents is 1. The number of allylic oxidation sites excluding steroid dienone is 1. The van der Waals surface area contributed by atoms with E-state index in [0.29, 0.717) is 17.8 Å². The van der Waals surface area contributed by atoms with E-state index in [-0.39, 0.29) is 23.7 Å². The highest BCUT2D eigenvalue weighted by Gasteiger charge is 2.28. The average Bonchev–Trinajstić information content (AvgIpc) is 3.37. The third kappa shape index (κ3) is 4.57. The van der Waals surface area contributed by atoms with Gasteiger partial charge in [0.1, 0.15) is 11.4 Å². The number of aryl methyl sites for hydroxylation is 1. The van der Waals surface area contributed by atoms with E-state index in [1.165, 1.54) is 6.07 Å². The van der Waals surface area contributed by atoms with Gasteiger partial charge in [-0.15, -0.1) is 0 Å². The van der Waals surface area contributed by atoms with Crippen LogP contribution in [0.4, 0.5) is 16.2 Å². The molecule has 0 aliphatic heterocycles. The maximum Gasteiger partial charge on any atom is 0.319 e. The topological polar surface area (TPSA) is 111 Å². The van der Waals surface area contributed by atoms with Gasteiger partial charge in [0.05, 0.1) is 17.7 Å². The van der Waals surface area contributed by atoms with Gasteiger partial charge in [-0.2, -0.15) is 5.10 Å². The molecule has 33 heavy (non-hydrogen) atoms. The number of urea groups is 1. The minimum atomic E-state index is -0.400. The summed E-state index contributed by atoms with van der Waals surface area (Å²) in [5.41, 5.74) is 3.79. The maximum atomic E-state index is 12.4. The van der Waals surface area contributed by atoms with Gasteiger partial charge >= 0.3 is 6.03 Å². The molecule has 2 atom stereocenters. The van der Waals surface area contributed by atoms with Crippen molar-refractivity contribution in [1.82, 2.24) is 15.1 Å². The van der Waals surface area contributed by atoms with E-state index in [1.54, 1.807) is 54.3 Å². The van der Waals surface area contributed by atoms with Crippen LogP contribution in [0.2, 0.25) is 0 Å². The Hall–Kier alpha value is -4.14. The van der Waals surface area contributed by atoms with Gasteiger partial charge in [0.2, 0.25) is 0 Å². The molecule has 1 aliphatic carbocycles. The number of hydrogen-bond donors (Lipinski definition) is 2. The predicted molar refractivity (Wildman–Crippen MR) is 125 cm³/mol. The molecule has 0 bridgehead atoms. The maximum absolute atomic E-state index is 12.4. The number of benzene rings is 2. The van der Waals surface area contributed by atoms with Crippen molar-refractivity contribution in [1.29, 1.82) is 0 Å². The quantitative estimate of drug-likeness (QED) is 0.325. The molecule has 4 rings (SSSR count). The molecule has 2 N–H and O–H groups in total. The first-order valence-electron chi connectivity index (χ1n) is 10.6. The second kappa shape index (κ2) is 9.15. The first-order chi connectivity index (χ1) is 15.9. The molecule has 9 heteroatoms. The van der Waals surface area contributed by atoms with Crippen LogP contribution in [0.1, 0.15) is 29.3 Å². The fourth-order valence-electron chi connectivity index (χ4n) is 4.25. The molecule has 0 fully saturated rings. The summed E-state index contributed by atoms with van der Waals surface area (Å²) in [6, 6.07) is 13.2. The van der Waals surface area contributed by atoms with Crippen molar-refractivity contribution in [3.63, 3.8) is 0 Å². The van der Waals surface area contributed by atoms with E-state index in [9.17, 15) is 14.9 Å². The third-order valence-electron chi connectivity index (χ3n) is 5.77. The minimum absolute atomic E-state index is 0.00589. The molecule has 0 unspecified atom stereocenters. The molecule has 0 spiro atoms. The summed E-state index contributed by atoms with van der Waals surface area (Å²) in [7, 11) is 1.59. The molecular weight excluding hydrogens is 422 g/mol. The molecule has 9 nitrogen and oxygen atoms in total. The Morgan fingerprint density at radius 2 is 1.88 bits per heavy atom. The van der Waals surface area contributed by atoms with E-state index in [1.807, 2.05) is 19.9 Å². The van der Waals surface area contributed by atoms with Gasteiger partial charge in [0.15, 0.2) is 0 Å². The number of ether oxygens (including phenoxy) is 1. The number of hydrogen-bond acceptors (Lipinski definition) is 5. The highest BCUT2D eigenvalue weighted by molar-refractivity contribution is 5.89. The lowest BCUT2D eigenvalue weighted by atomic mass is 9.96. The first-order valence-corrected chi connectivity index (χ1v) is 10.6. The summed E-state index contributed by atoms with van der Waals surface area (Å²) in [5, 5.41) is 21.8. The number of amides is 2. The van der Waals surface area contributed by atoms with Crippen LogP contribution in [0, 0.1) is 24.0 Å². The number of nitrogens with one attached hydrogen (secondary N) is 2. The second-order valence-electron chi connectivity index (χ2n) is 7.90. The van der Waals surface area contributed by atoms with Gasteiger partial charge in [-0.05, 0) is 50.6 Å². The Morgan fingerprint density at radius 1 is 1.15 bits per heavy atom. The van der Waals surface area contributed by atoms with Gasteiger partial charge in [-0.3, -0.25) is 10.1 Å². The summed E-state index contributed by atoms with van der Waals surface area (Å²) in [4.78, 5) is 23.5. The number of methoxy groups -OCH3 is 1. The monoisotopic (exact) mass is 447 g/mol. The van der Waals surface area contributed by atoms with E-state index in [4.69, 9.17) is 4.74 Å². The first kappa shape index (κ1) is 22.1. The van der Waals surface area contributed by atoms with Crippen LogP contribution < -0.4 is 15.4 Å². The molecule has 170 valence electrons. The standard InChI is InChI=1S/C24H25N5O4/c1-15-23(16(2)28(27-15)21-6-4-5-7-22(21)29(31)32)17-8-9-19(14-17)26-24(30)25-18-10-12-20(33-3)13-11-18/h4-13,17,19H,14H2,1-3H3,(H2,25,26,30)/t17-,19-/m1/s1. The van der Waals surface area contributed by atoms with Crippen molar-refractivity contribution in [3.8, 4) is 11.4 Å². The summed E-state index contributed by atoms with van der Waals surface area (Å²) >= 11 is 0. The fourth-order valence-corrected chi connectivity index (χ4v) is 4.25. The van der Waals surface area contributed by atoms with E-state index in [2.05, 4.69) is 21.8 Å². The van der Waals surface area contributed by atoms with Crippen LogP contribution in [0.3, 0.4) is 0 Å². The molecule has 1 aliphatic rings. The van der Waals surface area contributed by atoms with Crippen LogP contribution in [0.25, 0.3) is 5.69 Å². The van der Waals surface area contributed by atoms with Crippen molar-refractivity contribution >= 4 is 17.4 Å². The van der Waals surface area contributed by atoms with Crippen LogP contribution in [0.5, 0.6) is 5.75 Å². The number of nitro groups is 1.